The molecule has 0 aliphatic carbocycles. The van der Waals surface area contributed by atoms with Crippen molar-refractivity contribution in [3.05, 3.63) is 11.1 Å². The Morgan fingerprint density at radius 1 is 1.52 bits per heavy atom. The fourth-order valence-corrected chi connectivity index (χ4v) is 2.65. The summed E-state index contributed by atoms with van der Waals surface area (Å²) in [5, 5.41) is 10.2. The molecule has 2 rings (SSSR count). The van der Waals surface area contributed by atoms with Gasteiger partial charge in [-0.1, -0.05) is 6.92 Å². The SMILES string of the molecule is CCCNC(=O)Cc1csc(NC(=O)C2CCC(=O)N2)n1. The van der Waals surface area contributed by atoms with E-state index < -0.39 is 6.04 Å². The van der Waals surface area contributed by atoms with Gasteiger partial charge in [0.25, 0.3) is 0 Å². The molecule has 1 saturated heterocycles. The van der Waals surface area contributed by atoms with Crippen LogP contribution in [-0.4, -0.2) is 35.3 Å². The first-order chi connectivity index (χ1) is 10.1. The number of carbonyl (C=O) groups is 3. The zero-order valence-electron chi connectivity index (χ0n) is 11.8. The second-order valence-electron chi connectivity index (χ2n) is 4.82. The minimum Gasteiger partial charge on any atom is -0.356 e. The van der Waals surface area contributed by atoms with Crippen LogP contribution in [0.2, 0.25) is 0 Å². The van der Waals surface area contributed by atoms with E-state index in [0.717, 1.165) is 6.42 Å². The van der Waals surface area contributed by atoms with Crippen LogP contribution in [0.5, 0.6) is 0 Å². The summed E-state index contributed by atoms with van der Waals surface area (Å²) in [6, 6.07) is -0.488. The van der Waals surface area contributed by atoms with Gasteiger partial charge in [-0.3, -0.25) is 14.4 Å². The van der Waals surface area contributed by atoms with Crippen molar-refractivity contribution < 1.29 is 14.4 Å². The van der Waals surface area contributed by atoms with E-state index in [4.69, 9.17) is 0 Å². The van der Waals surface area contributed by atoms with Crippen LogP contribution < -0.4 is 16.0 Å². The number of hydrogen-bond acceptors (Lipinski definition) is 5. The van der Waals surface area contributed by atoms with Crippen LogP contribution in [0.25, 0.3) is 0 Å². The molecule has 0 saturated carbocycles. The van der Waals surface area contributed by atoms with E-state index in [0.29, 0.717) is 30.2 Å². The molecule has 1 atom stereocenters. The number of rotatable bonds is 6. The zero-order valence-corrected chi connectivity index (χ0v) is 12.6. The predicted octanol–water partition coefficient (Wildman–Crippen LogP) is 0.429. The molecule has 1 aliphatic rings. The Kier molecular flexibility index (Phi) is 5.26. The molecule has 1 fully saturated rings. The second-order valence-corrected chi connectivity index (χ2v) is 5.68. The van der Waals surface area contributed by atoms with E-state index in [9.17, 15) is 14.4 Å². The first kappa shape index (κ1) is 15.4. The Bertz CT molecular complexity index is 543. The summed E-state index contributed by atoms with van der Waals surface area (Å²) < 4.78 is 0. The Balaban J connectivity index is 1.84. The molecule has 1 unspecified atom stereocenters. The van der Waals surface area contributed by atoms with Crippen molar-refractivity contribution in [2.45, 2.75) is 38.6 Å². The van der Waals surface area contributed by atoms with E-state index in [1.807, 2.05) is 6.92 Å². The van der Waals surface area contributed by atoms with Crippen LogP contribution in [-0.2, 0) is 20.8 Å². The smallest absolute Gasteiger partial charge is 0.248 e. The highest BCUT2D eigenvalue weighted by molar-refractivity contribution is 7.13. The van der Waals surface area contributed by atoms with Crippen LogP contribution in [0.15, 0.2) is 5.38 Å². The summed E-state index contributed by atoms with van der Waals surface area (Å²) in [7, 11) is 0. The second kappa shape index (κ2) is 7.16. The van der Waals surface area contributed by atoms with Crippen LogP contribution in [0.3, 0.4) is 0 Å². The first-order valence-electron chi connectivity index (χ1n) is 6.90. The highest BCUT2D eigenvalue weighted by atomic mass is 32.1. The van der Waals surface area contributed by atoms with Gasteiger partial charge in [0, 0.05) is 18.3 Å². The molecule has 114 valence electrons. The molecular formula is C13H18N4O3S. The third-order valence-electron chi connectivity index (χ3n) is 3.01. The Labute approximate surface area is 126 Å². The minimum atomic E-state index is -0.488. The van der Waals surface area contributed by atoms with E-state index in [1.54, 1.807) is 5.38 Å². The quantitative estimate of drug-likeness (QED) is 0.709. The molecule has 2 heterocycles. The van der Waals surface area contributed by atoms with E-state index in [1.165, 1.54) is 11.3 Å². The van der Waals surface area contributed by atoms with Crippen LogP contribution in [0.1, 0.15) is 31.9 Å². The lowest BCUT2D eigenvalue weighted by Crippen LogP contribution is -2.37. The molecule has 1 aromatic heterocycles. The van der Waals surface area contributed by atoms with Crippen molar-refractivity contribution in [2.24, 2.45) is 0 Å². The van der Waals surface area contributed by atoms with Gasteiger partial charge in [0.05, 0.1) is 12.1 Å². The van der Waals surface area contributed by atoms with Gasteiger partial charge in [0.15, 0.2) is 5.13 Å². The topological polar surface area (TPSA) is 100 Å². The van der Waals surface area contributed by atoms with Gasteiger partial charge in [-0.15, -0.1) is 11.3 Å². The molecular weight excluding hydrogens is 292 g/mol. The van der Waals surface area contributed by atoms with E-state index in [2.05, 4.69) is 20.9 Å². The molecule has 0 aromatic carbocycles. The largest absolute Gasteiger partial charge is 0.356 e. The Morgan fingerprint density at radius 3 is 3.00 bits per heavy atom. The molecule has 3 N–H and O–H groups in total. The number of hydrogen-bond donors (Lipinski definition) is 3. The monoisotopic (exact) mass is 310 g/mol. The molecule has 0 radical (unpaired) electrons. The van der Waals surface area contributed by atoms with Crippen LogP contribution in [0.4, 0.5) is 5.13 Å². The number of amides is 3. The maximum atomic E-state index is 11.9. The van der Waals surface area contributed by atoms with E-state index in [-0.39, 0.29) is 24.1 Å². The molecule has 0 spiro atoms. The number of carbonyl (C=O) groups excluding carboxylic acids is 3. The molecule has 0 bridgehead atoms. The van der Waals surface area contributed by atoms with Crippen molar-refractivity contribution in [3.63, 3.8) is 0 Å². The van der Waals surface area contributed by atoms with Crippen molar-refractivity contribution in [2.75, 3.05) is 11.9 Å². The van der Waals surface area contributed by atoms with Gasteiger partial charge >= 0.3 is 0 Å². The van der Waals surface area contributed by atoms with Gasteiger partial charge < -0.3 is 16.0 Å². The fourth-order valence-electron chi connectivity index (χ4n) is 1.94. The first-order valence-corrected chi connectivity index (χ1v) is 7.77. The molecule has 3 amide bonds. The van der Waals surface area contributed by atoms with Crippen molar-refractivity contribution >= 4 is 34.2 Å². The van der Waals surface area contributed by atoms with Crippen molar-refractivity contribution in [3.8, 4) is 0 Å². The number of anilines is 1. The third-order valence-corrected chi connectivity index (χ3v) is 3.81. The standard InChI is InChI=1S/C13H18N4O3S/c1-2-5-14-11(19)6-8-7-21-13(15-8)17-12(20)9-3-4-10(18)16-9/h7,9H,2-6H2,1H3,(H,14,19)(H,16,18)(H,15,17,20). The molecule has 7 nitrogen and oxygen atoms in total. The Morgan fingerprint density at radius 2 is 2.33 bits per heavy atom. The summed E-state index contributed by atoms with van der Waals surface area (Å²) in [5.41, 5.74) is 0.624. The van der Waals surface area contributed by atoms with Gasteiger partial charge in [-0.25, -0.2) is 4.98 Å². The van der Waals surface area contributed by atoms with Gasteiger partial charge in [0.2, 0.25) is 17.7 Å². The highest BCUT2D eigenvalue weighted by Crippen LogP contribution is 2.17. The summed E-state index contributed by atoms with van der Waals surface area (Å²) in [6.07, 6.45) is 1.96. The number of aromatic nitrogens is 1. The van der Waals surface area contributed by atoms with Crippen molar-refractivity contribution in [1.29, 1.82) is 0 Å². The maximum absolute atomic E-state index is 11.9. The third kappa shape index (κ3) is 4.52. The summed E-state index contributed by atoms with van der Waals surface area (Å²) in [6.45, 7) is 2.63. The average Bonchev–Trinajstić information content (AvgIpc) is 3.06. The lowest BCUT2D eigenvalue weighted by molar-refractivity contribution is -0.122. The minimum absolute atomic E-state index is 0.0805. The lowest BCUT2D eigenvalue weighted by atomic mass is 10.2. The molecule has 21 heavy (non-hydrogen) atoms. The molecule has 8 heteroatoms. The normalized spacial score (nSPS) is 17.4. The number of nitrogens with one attached hydrogen (secondary N) is 3. The summed E-state index contributed by atoms with van der Waals surface area (Å²) in [5.74, 6) is -0.456. The van der Waals surface area contributed by atoms with Crippen LogP contribution in [0, 0.1) is 0 Å². The summed E-state index contributed by atoms with van der Waals surface area (Å²) >= 11 is 1.27. The van der Waals surface area contributed by atoms with Gasteiger partial charge in [-0.2, -0.15) is 0 Å². The fraction of sp³-hybridized carbons (Fsp3) is 0.538. The zero-order chi connectivity index (χ0) is 15.2. The lowest BCUT2D eigenvalue weighted by Gasteiger charge is -2.08. The Hall–Kier alpha value is -1.96. The van der Waals surface area contributed by atoms with Gasteiger partial charge in [-0.05, 0) is 12.8 Å². The summed E-state index contributed by atoms with van der Waals surface area (Å²) in [4.78, 5) is 38.7. The van der Waals surface area contributed by atoms with Crippen molar-refractivity contribution in [1.82, 2.24) is 15.6 Å². The number of nitrogens with zero attached hydrogens (tertiary/aromatic N) is 1. The van der Waals surface area contributed by atoms with Gasteiger partial charge in [0.1, 0.15) is 6.04 Å². The maximum Gasteiger partial charge on any atom is 0.248 e. The van der Waals surface area contributed by atoms with Crippen LogP contribution >= 0.6 is 11.3 Å². The molecule has 1 aliphatic heterocycles. The predicted molar refractivity (Wildman–Crippen MR) is 78.9 cm³/mol. The highest BCUT2D eigenvalue weighted by Gasteiger charge is 2.27. The number of thiazole rings is 1. The van der Waals surface area contributed by atoms with E-state index >= 15 is 0 Å². The molecule has 1 aromatic rings. The average molecular weight is 310 g/mol.